The first-order valence-electron chi connectivity index (χ1n) is 5.19. The van der Waals surface area contributed by atoms with Crippen LogP contribution >= 0.6 is 15.9 Å². The van der Waals surface area contributed by atoms with E-state index in [0.717, 1.165) is 10.9 Å². The van der Waals surface area contributed by atoms with Crippen LogP contribution in [0.4, 0.5) is 0 Å². The molecule has 0 aliphatic heterocycles. The predicted octanol–water partition coefficient (Wildman–Crippen LogP) is 2.94. The molecule has 2 atom stereocenters. The van der Waals surface area contributed by atoms with Crippen molar-refractivity contribution in [3.05, 3.63) is 22.4 Å². The molecule has 0 saturated heterocycles. The molecule has 0 bridgehead atoms. The molecule has 0 aromatic carbocycles. The fourth-order valence-electron chi connectivity index (χ4n) is 1.28. The number of amides is 1. The van der Waals surface area contributed by atoms with Crippen LogP contribution in [0.25, 0.3) is 0 Å². The summed E-state index contributed by atoms with van der Waals surface area (Å²) in [5, 5.41) is 2.97. The van der Waals surface area contributed by atoms with Crippen molar-refractivity contribution in [2.75, 3.05) is 0 Å². The van der Waals surface area contributed by atoms with E-state index >= 15 is 0 Å². The molecule has 1 heterocycles. The Morgan fingerprint density at radius 1 is 1.60 bits per heavy atom. The maximum absolute atomic E-state index is 11.7. The Morgan fingerprint density at radius 3 is 2.73 bits per heavy atom. The monoisotopic (exact) mass is 272 g/mol. The van der Waals surface area contributed by atoms with E-state index in [4.69, 9.17) is 0 Å². The quantitative estimate of drug-likeness (QED) is 0.870. The molecule has 2 unspecified atom stereocenters. The SMILES string of the molecule is CCC(C)C(C)NC(=O)c1cc(Br)c[nH]1. The fourth-order valence-corrected chi connectivity index (χ4v) is 1.62. The second kappa shape index (κ2) is 5.35. The number of halogens is 1. The lowest BCUT2D eigenvalue weighted by atomic mass is 10.0. The number of hydrogen-bond acceptors (Lipinski definition) is 1. The van der Waals surface area contributed by atoms with Crippen molar-refractivity contribution in [3.8, 4) is 0 Å². The molecule has 0 aliphatic carbocycles. The van der Waals surface area contributed by atoms with Gasteiger partial charge in [0.1, 0.15) is 5.69 Å². The first kappa shape index (κ1) is 12.3. The van der Waals surface area contributed by atoms with Gasteiger partial charge in [-0.15, -0.1) is 0 Å². The van der Waals surface area contributed by atoms with Gasteiger partial charge in [-0.2, -0.15) is 0 Å². The molecule has 0 spiro atoms. The molecule has 1 aromatic rings. The van der Waals surface area contributed by atoms with Gasteiger partial charge in [-0.05, 0) is 34.8 Å². The minimum atomic E-state index is -0.0477. The van der Waals surface area contributed by atoms with Crippen LogP contribution in [0, 0.1) is 5.92 Å². The first-order valence-corrected chi connectivity index (χ1v) is 5.98. The van der Waals surface area contributed by atoms with Crippen molar-refractivity contribution < 1.29 is 4.79 Å². The highest BCUT2D eigenvalue weighted by atomic mass is 79.9. The van der Waals surface area contributed by atoms with Gasteiger partial charge in [-0.3, -0.25) is 4.79 Å². The van der Waals surface area contributed by atoms with Gasteiger partial charge in [-0.25, -0.2) is 0 Å². The highest BCUT2D eigenvalue weighted by molar-refractivity contribution is 9.10. The summed E-state index contributed by atoms with van der Waals surface area (Å²) in [7, 11) is 0. The molecule has 0 radical (unpaired) electrons. The molecular formula is C11H17BrN2O. The number of rotatable bonds is 4. The number of hydrogen-bond donors (Lipinski definition) is 2. The van der Waals surface area contributed by atoms with Crippen LogP contribution in [-0.2, 0) is 0 Å². The standard InChI is InChI=1S/C11H17BrN2O/c1-4-7(2)8(3)14-11(15)10-5-9(12)6-13-10/h5-8,13H,4H2,1-3H3,(H,14,15). The number of carbonyl (C=O) groups is 1. The van der Waals surface area contributed by atoms with Crippen LogP contribution in [-0.4, -0.2) is 16.9 Å². The Bertz CT molecular complexity index is 335. The molecule has 3 nitrogen and oxygen atoms in total. The van der Waals surface area contributed by atoms with Crippen LogP contribution in [0.15, 0.2) is 16.7 Å². The summed E-state index contributed by atoms with van der Waals surface area (Å²) >= 11 is 3.30. The lowest BCUT2D eigenvalue weighted by Crippen LogP contribution is -2.37. The Hall–Kier alpha value is -0.770. The second-order valence-electron chi connectivity index (χ2n) is 3.88. The molecule has 1 aromatic heterocycles. The van der Waals surface area contributed by atoms with Gasteiger partial charge in [0.05, 0.1) is 0 Å². The Kier molecular flexibility index (Phi) is 4.39. The topological polar surface area (TPSA) is 44.9 Å². The van der Waals surface area contributed by atoms with E-state index in [2.05, 4.69) is 40.1 Å². The minimum absolute atomic E-state index is 0.0477. The zero-order valence-electron chi connectivity index (χ0n) is 9.30. The minimum Gasteiger partial charge on any atom is -0.356 e. The molecule has 2 N–H and O–H groups in total. The van der Waals surface area contributed by atoms with E-state index in [0.29, 0.717) is 11.6 Å². The Balaban J connectivity index is 2.56. The van der Waals surface area contributed by atoms with Gasteiger partial charge < -0.3 is 10.3 Å². The average Bonchev–Trinajstić information content (AvgIpc) is 2.63. The molecule has 0 fully saturated rings. The zero-order chi connectivity index (χ0) is 11.4. The molecule has 84 valence electrons. The molecule has 0 saturated carbocycles. The maximum Gasteiger partial charge on any atom is 0.267 e. The number of carbonyl (C=O) groups excluding carboxylic acids is 1. The highest BCUT2D eigenvalue weighted by Gasteiger charge is 2.15. The third kappa shape index (κ3) is 3.38. The van der Waals surface area contributed by atoms with Crippen molar-refractivity contribution in [1.29, 1.82) is 0 Å². The van der Waals surface area contributed by atoms with Crippen molar-refractivity contribution in [2.45, 2.75) is 33.2 Å². The fraction of sp³-hybridized carbons (Fsp3) is 0.545. The van der Waals surface area contributed by atoms with Gasteiger partial charge in [0, 0.05) is 16.7 Å². The van der Waals surface area contributed by atoms with E-state index in [9.17, 15) is 4.79 Å². The van der Waals surface area contributed by atoms with Crippen molar-refractivity contribution >= 4 is 21.8 Å². The third-order valence-corrected chi connectivity index (χ3v) is 3.21. The summed E-state index contributed by atoms with van der Waals surface area (Å²) in [4.78, 5) is 14.6. The molecule has 0 aliphatic rings. The summed E-state index contributed by atoms with van der Waals surface area (Å²) in [5.41, 5.74) is 0.594. The molecule has 15 heavy (non-hydrogen) atoms. The largest absolute Gasteiger partial charge is 0.356 e. The maximum atomic E-state index is 11.7. The smallest absolute Gasteiger partial charge is 0.267 e. The van der Waals surface area contributed by atoms with E-state index < -0.39 is 0 Å². The Labute approximate surface area is 98.8 Å². The summed E-state index contributed by atoms with van der Waals surface area (Å²) in [5.74, 6) is 0.445. The average molecular weight is 273 g/mol. The van der Waals surface area contributed by atoms with E-state index in [1.54, 1.807) is 12.3 Å². The van der Waals surface area contributed by atoms with Gasteiger partial charge in [0.25, 0.3) is 5.91 Å². The molecule has 4 heteroatoms. The normalized spacial score (nSPS) is 14.7. The van der Waals surface area contributed by atoms with Gasteiger partial charge in [-0.1, -0.05) is 20.3 Å². The lowest BCUT2D eigenvalue weighted by Gasteiger charge is -2.19. The van der Waals surface area contributed by atoms with Crippen LogP contribution in [0.1, 0.15) is 37.7 Å². The summed E-state index contributed by atoms with van der Waals surface area (Å²) in [6.07, 6.45) is 2.82. The zero-order valence-corrected chi connectivity index (χ0v) is 10.9. The van der Waals surface area contributed by atoms with Crippen LogP contribution in [0.3, 0.4) is 0 Å². The second-order valence-corrected chi connectivity index (χ2v) is 4.79. The van der Waals surface area contributed by atoms with Gasteiger partial charge in [0.2, 0.25) is 0 Å². The molecule has 1 rings (SSSR count). The van der Waals surface area contributed by atoms with Crippen molar-refractivity contribution in [3.63, 3.8) is 0 Å². The predicted molar refractivity (Wildman–Crippen MR) is 64.9 cm³/mol. The van der Waals surface area contributed by atoms with Crippen molar-refractivity contribution in [1.82, 2.24) is 10.3 Å². The Morgan fingerprint density at radius 2 is 2.27 bits per heavy atom. The summed E-state index contributed by atoms with van der Waals surface area (Å²) < 4.78 is 0.892. The highest BCUT2D eigenvalue weighted by Crippen LogP contribution is 2.12. The van der Waals surface area contributed by atoms with Crippen LogP contribution < -0.4 is 5.32 Å². The summed E-state index contributed by atoms with van der Waals surface area (Å²) in [6, 6.07) is 1.98. The molecule has 1 amide bonds. The number of nitrogens with one attached hydrogen (secondary N) is 2. The van der Waals surface area contributed by atoms with Crippen LogP contribution in [0.2, 0.25) is 0 Å². The van der Waals surface area contributed by atoms with E-state index in [-0.39, 0.29) is 11.9 Å². The van der Waals surface area contributed by atoms with Crippen molar-refractivity contribution in [2.24, 2.45) is 5.92 Å². The number of H-pyrrole nitrogens is 1. The summed E-state index contributed by atoms with van der Waals surface area (Å²) in [6.45, 7) is 6.29. The molecular weight excluding hydrogens is 256 g/mol. The number of aromatic amines is 1. The van der Waals surface area contributed by atoms with Gasteiger partial charge in [0.15, 0.2) is 0 Å². The first-order chi connectivity index (χ1) is 7.04. The van der Waals surface area contributed by atoms with E-state index in [1.165, 1.54) is 0 Å². The number of aromatic nitrogens is 1. The van der Waals surface area contributed by atoms with Gasteiger partial charge >= 0.3 is 0 Å². The lowest BCUT2D eigenvalue weighted by molar-refractivity contribution is 0.0923. The third-order valence-electron chi connectivity index (χ3n) is 2.75. The van der Waals surface area contributed by atoms with E-state index in [1.807, 2.05) is 6.92 Å². The van der Waals surface area contributed by atoms with Crippen LogP contribution in [0.5, 0.6) is 0 Å².